The van der Waals surface area contributed by atoms with Crippen LogP contribution in [-0.4, -0.2) is 10.9 Å². The summed E-state index contributed by atoms with van der Waals surface area (Å²) in [6, 6.07) is 12.6. The maximum absolute atomic E-state index is 13.3. The first-order chi connectivity index (χ1) is 9.28. The molecule has 3 rings (SSSR count). The van der Waals surface area contributed by atoms with Crippen molar-refractivity contribution >= 4 is 5.71 Å². The minimum atomic E-state index is -0.229. The van der Waals surface area contributed by atoms with Crippen LogP contribution >= 0.6 is 0 Å². The lowest BCUT2D eigenvalue weighted by Crippen LogP contribution is -2.11. The van der Waals surface area contributed by atoms with Gasteiger partial charge < -0.3 is 5.21 Å². The van der Waals surface area contributed by atoms with Gasteiger partial charge in [-0.2, -0.15) is 0 Å². The van der Waals surface area contributed by atoms with E-state index >= 15 is 0 Å². The van der Waals surface area contributed by atoms with Gasteiger partial charge in [0.1, 0.15) is 5.82 Å². The van der Waals surface area contributed by atoms with Crippen LogP contribution in [0, 0.1) is 5.82 Å². The third kappa shape index (κ3) is 2.24. The Morgan fingerprint density at radius 3 is 2.63 bits per heavy atom. The van der Waals surface area contributed by atoms with E-state index in [4.69, 9.17) is 5.21 Å². The van der Waals surface area contributed by atoms with Crippen LogP contribution in [0.5, 0.6) is 0 Å². The molecule has 1 N–H and O–H groups in total. The summed E-state index contributed by atoms with van der Waals surface area (Å²) >= 11 is 0. The van der Waals surface area contributed by atoms with Crippen LogP contribution in [0.25, 0.3) is 11.1 Å². The lowest BCUT2D eigenvalue weighted by atomic mass is 9.88. The van der Waals surface area contributed by atoms with Gasteiger partial charge in [0.2, 0.25) is 0 Å². The first-order valence-corrected chi connectivity index (χ1v) is 6.38. The molecule has 19 heavy (non-hydrogen) atoms. The van der Waals surface area contributed by atoms with Crippen molar-refractivity contribution in [3.05, 3.63) is 59.4 Å². The molecule has 0 bridgehead atoms. The first-order valence-electron chi connectivity index (χ1n) is 6.38. The fourth-order valence-electron chi connectivity index (χ4n) is 2.61. The van der Waals surface area contributed by atoms with E-state index in [1.807, 2.05) is 18.2 Å². The van der Waals surface area contributed by atoms with E-state index < -0.39 is 0 Å². The Morgan fingerprint density at radius 1 is 1.00 bits per heavy atom. The van der Waals surface area contributed by atoms with Gasteiger partial charge in [0, 0.05) is 5.56 Å². The summed E-state index contributed by atoms with van der Waals surface area (Å²) in [6.07, 6.45) is 2.76. The van der Waals surface area contributed by atoms with Gasteiger partial charge in [-0.05, 0) is 48.1 Å². The molecule has 2 aromatic rings. The number of rotatable bonds is 1. The summed E-state index contributed by atoms with van der Waals surface area (Å²) in [5, 5.41) is 12.4. The highest BCUT2D eigenvalue weighted by molar-refractivity contribution is 6.02. The predicted octanol–water partition coefficient (Wildman–Crippen LogP) is 4.01. The molecule has 0 spiro atoms. The molecule has 1 aliphatic carbocycles. The van der Waals surface area contributed by atoms with Crippen LogP contribution in [0.1, 0.15) is 24.0 Å². The van der Waals surface area contributed by atoms with Crippen molar-refractivity contribution in [3.8, 4) is 11.1 Å². The Balaban J connectivity index is 2.07. The van der Waals surface area contributed by atoms with Crippen LogP contribution in [-0.2, 0) is 6.42 Å². The third-order valence-corrected chi connectivity index (χ3v) is 3.55. The molecule has 0 saturated carbocycles. The first kappa shape index (κ1) is 11.9. The Labute approximate surface area is 111 Å². The number of aryl methyl sites for hydroxylation is 1. The average Bonchev–Trinajstić information content (AvgIpc) is 2.46. The summed E-state index contributed by atoms with van der Waals surface area (Å²) in [4.78, 5) is 0. The molecule has 0 amide bonds. The average molecular weight is 255 g/mol. The standard InChI is InChI=1S/C16H14FNO/c17-14-5-1-3-11(10-14)12-7-8-15-13(9-12)4-2-6-16(15)18-19/h1,3,5,7-10,19H,2,4,6H2. The largest absolute Gasteiger partial charge is 0.411 e. The fraction of sp³-hybridized carbons (Fsp3) is 0.188. The highest BCUT2D eigenvalue weighted by atomic mass is 19.1. The van der Waals surface area contributed by atoms with E-state index in [1.165, 1.54) is 17.7 Å². The lowest BCUT2D eigenvalue weighted by Gasteiger charge is -2.17. The van der Waals surface area contributed by atoms with Crippen molar-refractivity contribution < 1.29 is 9.60 Å². The van der Waals surface area contributed by atoms with Gasteiger partial charge in [-0.1, -0.05) is 35.5 Å². The predicted molar refractivity (Wildman–Crippen MR) is 73.1 cm³/mol. The summed E-state index contributed by atoms with van der Waals surface area (Å²) in [5.41, 5.74) is 4.79. The molecule has 1 aliphatic rings. The van der Waals surface area contributed by atoms with E-state index in [9.17, 15) is 4.39 Å². The number of fused-ring (bicyclic) bond motifs is 1. The zero-order valence-electron chi connectivity index (χ0n) is 10.4. The molecule has 96 valence electrons. The lowest BCUT2D eigenvalue weighted by molar-refractivity contribution is 0.317. The second-order valence-corrected chi connectivity index (χ2v) is 4.78. The Bertz CT molecular complexity index is 649. The Kier molecular flexibility index (Phi) is 3.03. The molecule has 0 aliphatic heterocycles. The van der Waals surface area contributed by atoms with Gasteiger partial charge in [-0.15, -0.1) is 0 Å². The van der Waals surface area contributed by atoms with E-state index in [1.54, 1.807) is 6.07 Å². The quantitative estimate of drug-likeness (QED) is 0.606. The number of hydrogen-bond donors (Lipinski definition) is 1. The zero-order valence-corrected chi connectivity index (χ0v) is 10.4. The van der Waals surface area contributed by atoms with Crippen molar-refractivity contribution in [2.45, 2.75) is 19.3 Å². The minimum Gasteiger partial charge on any atom is -0.411 e. The van der Waals surface area contributed by atoms with Crippen LogP contribution < -0.4 is 0 Å². The zero-order chi connectivity index (χ0) is 13.2. The molecular weight excluding hydrogens is 241 g/mol. The summed E-state index contributed by atoms with van der Waals surface area (Å²) in [7, 11) is 0. The number of halogens is 1. The van der Waals surface area contributed by atoms with E-state index in [-0.39, 0.29) is 5.82 Å². The highest BCUT2D eigenvalue weighted by Crippen LogP contribution is 2.28. The number of nitrogens with zero attached hydrogens (tertiary/aromatic N) is 1. The second-order valence-electron chi connectivity index (χ2n) is 4.78. The maximum atomic E-state index is 13.3. The summed E-state index contributed by atoms with van der Waals surface area (Å²) in [6.45, 7) is 0. The van der Waals surface area contributed by atoms with Gasteiger partial charge in [0.15, 0.2) is 0 Å². The van der Waals surface area contributed by atoms with Gasteiger partial charge in [0.05, 0.1) is 5.71 Å². The molecule has 0 heterocycles. The van der Waals surface area contributed by atoms with Crippen molar-refractivity contribution in [1.82, 2.24) is 0 Å². The third-order valence-electron chi connectivity index (χ3n) is 3.55. The van der Waals surface area contributed by atoms with Crippen molar-refractivity contribution in [1.29, 1.82) is 0 Å². The van der Waals surface area contributed by atoms with Crippen molar-refractivity contribution in [3.63, 3.8) is 0 Å². The van der Waals surface area contributed by atoms with E-state index in [2.05, 4.69) is 11.2 Å². The fourth-order valence-corrected chi connectivity index (χ4v) is 2.61. The normalized spacial score (nSPS) is 16.4. The summed E-state index contributed by atoms with van der Waals surface area (Å²) in [5.74, 6) is -0.229. The van der Waals surface area contributed by atoms with Gasteiger partial charge in [-0.25, -0.2) is 4.39 Å². The van der Waals surface area contributed by atoms with Crippen LogP contribution in [0.2, 0.25) is 0 Å². The van der Waals surface area contributed by atoms with E-state index in [0.29, 0.717) is 0 Å². The smallest absolute Gasteiger partial charge is 0.123 e. The summed E-state index contributed by atoms with van der Waals surface area (Å²) < 4.78 is 13.3. The maximum Gasteiger partial charge on any atom is 0.123 e. The van der Waals surface area contributed by atoms with Gasteiger partial charge in [0.25, 0.3) is 0 Å². The number of hydrogen-bond acceptors (Lipinski definition) is 2. The highest BCUT2D eigenvalue weighted by Gasteiger charge is 2.16. The number of benzene rings is 2. The topological polar surface area (TPSA) is 32.6 Å². The van der Waals surface area contributed by atoms with Crippen LogP contribution in [0.15, 0.2) is 47.6 Å². The van der Waals surface area contributed by atoms with E-state index in [0.717, 1.165) is 41.7 Å². The molecule has 0 aromatic heterocycles. The second kappa shape index (κ2) is 4.84. The SMILES string of the molecule is ON=C1CCCc2cc(-c3cccc(F)c3)ccc21. The molecule has 0 saturated heterocycles. The molecule has 3 heteroatoms. The molecular formula is C16H14FNO. The van der Waals surface area contributed by atoms with Crippen LogP contribution in [0.3, 0.4) is 0 Å². The molecule has 0 unspecified atom stereocenters. The number of oxime groups is 1. The van der Waals surface area contributed by atoms with Crippen LogP contribution in [0.4, 0.5) is 4.39 Å². The van der Waals surface area contributed by atoms with Crippen molar-refractivity contribution in [2.24, 2.45) is 5.16 Å². The van der Waals surface area contributed by atoms with Gasteiger partial charge in [-0.3, -0.25) is 0 Å². The van der Waals surface area contributed by atoms with Crippen molar-refractivity contribution in [2.75, 3.05) is 0 Å². The Hall–Kier alpha value is -2.16. The molecule has 0 radical (unpaired) electrons. The minimum absolute atomic E-state index is 0.229. The molecule has 0 fully saturated rings. The van der Waals surface area contributed by atoms with Gasteiger partial charge >= 0.3 is 0 Å². The molecule has 0 atom stereocenters. The molecule has 2 aromatic carbocycles. The Morgan fingerprint density at radius 2 is 1.84 bits per heavy atom. The molecule has 2 nitrogen and oxygen atoms in total. The monoisotopic (exact) mass is 255 g/mol.